The number of carbonyl (C=O) groups excluding carboxylic acids is 1. The van der Waals surface area contributed by atoms with E-state index in [4.69, 9.17) is 11.6 Å². The minimum Gasteiger partial charge on any atom is -0.325 e. The summed E-state index contributed by atoms with van der Waals surface area (Å²) in [5.74, 6) is -0.559. The summed E-state index contributed by atoms with van der Waals surface area (Å²) in [6, 6.07) is 4.48. The number of anilines is 1. The summed E-state index contributed by atoms with van der Waals surface area (Å²) in [5, 5.41) is 2.53. The molecule has 94 valence electrons. The van der Waals surface area contributed by atoms with Crippen molar-refractivity contribution < 1.29 is 13.2 Å². The van der Waals surface area contributed by atoms with E-state index in [1.165, 1.54) is 19.2 Å². The molecule has 0 atom stereocenters. The Kier molecular flexibility index (Phi) is 4.50. The molecule has 2 N–H and O–H groups in total. The number of aryl methyl sites for hydroxylation is 1. The predicted molar refractivity (Wildman–Crippen MR) is 66.8 cm³/mol. The molecule has 0 saturated carbocycles. The minimum atomic E-state index is -3.51. The van der Waals surface area contributed by atoms with Crippen LogP contribution in [0.1, 0.15) is 5.56 Å². The number of rotatable bonds is 4. The smallest absolute Gasteiger partial charge is 0.240 e. The maximum atomic E-state index is 11.6. The van der Waals surface area contributed by atoms with E-state index in [9.17, 15) is 13.2 Å². The zero-order valence-corrected chi connectivity index (χ0v) is 11.0. The van der Waals surface area contributed by atoms with E-state index in [-0.39, 0.29) is 16.7 Å². The second kappa shape index (κ2) is 5.48. The van der Waals surface area contributed by atoms with Gasteiger partial charge in [0.25, 0.3) is 0 Å². The molecular formula is C10H13ClN2O3S. The summed E-state index contributed by atoms with van der Waals surface area (Å²) in [6.07, 6.45) is 0. The van der Waals surface area contributed by atoms with Gasteiger partial charge in [-0.05, 0) is 31.7 Å². The van der Waals surface area contributed by atoms with Gasteiger partial charge in [0, 0.05) is 5.69 Å². The van der Waals surface area contributed by atoms with Crippen LogP contribution in [0, 0.1) is 6.92 Å². The highest BCUT2D eigenvalue weighted by Crippen LogP contribution is 2.20. The SMILES string of the molecule is CNS(=O)(=O)c1ccc(C)c(NC(=O)CCl)c1. The molecule has 0 bridgehead atoms. The van der Waals surface area contributed by atoms with Crippen LogP contribution >= 0.6 is 11.6 Å². The van der Waals surface area contributed by atoms with Crippen molar-refractivity contribution in [3.8, 4) is 0 Å². The van der Waals surface area contributed by atoms with Crippen LogP contribution in [-0.4, -0.2) is 27.3 Å². The molecular weight excluding hydrogens is 264 g/mol. The van der Waals surface area contributed by atoms with Gasteiger partial charge in [-0.3, -0.25) is 4.79 Å². The largest absolute Gasteiger partial charge is 0.325 e. The molecule has 0 aliphatic heterocycles. The minimum absolute atomic E-state index is 0.0930. The first-order valence-electron chi connectivity index (χ1n) is 4.80. The Balaban J connectivity index is 3.15. The third kappa shape index (κ3) is 3.42. The number of nitrogens with one attached hydrogen (secondary N) is 2. The molecule has 0 aromatic heterocycles. The second-order valence-corrected chi connectivity index (χ2v) is 5.52. The molecule has 17 heavy (non-hydrogen) atoms. The summed E-state index contributed by atoms with van der Waals surface area (Å²) in [4.78, 5) is 11.2. The average Bonchev–Trinajstić information content (AvgIpc) is 2.31. The van der Waals surface area contributed by atoms with E-state index in [0.29, 0.717) is 5.69 Å². The molecule has 0 saturated heterocycles. The van der Waals surface area contributed by atoms with Crippen molar-refractivity contribution in [3.05, 3.63) is 23.8 Å². The van der Waals surface area contributed by atoms with Gasteiger partial charge in [0.1, 0.15) is 5.88 Å². The Morgan fingerprint density at radius 2 is 2.06 bits per heavy atom. The molecule has 0 fully saturated rings. The first-order chi connectivity index (χ1) is 7.90. The van der Waals surface area contributed by atoms with Crippen molar-refractivity contribution in [2.45, 2.75) is 11.8 Å². The lowest BCUT2D eigenvalue weighted by molar-refractivity contribution is -0.113. The van der Waals surface area contributed by atoms with Crippen molar-refractivity contribution in [3.63, 3.8) is 0 Å². The van der Waals surface area contributed by atoms with Crippen LogP contribution in [0.15, 0.2) is 23.1 Å². The molecule has 5 nitrogen and oxygen atoms in total. The highest BCUT2D eigenvalue weighted by molar-refractivity contribution is 7.89. The molecule has 0 spiro atoms. The standard InChI is InChI=1S/C10H13ClN2O3S/c1-7-3-4-8(17(15,16)12-2)5-9(7)13-10(14)6-11/h3-5,12H,6H2,1-2H3,(H,13,14). The fourth-order valence-electron chi connectivity index (χ4n) is 1.20. The quantitative estimate of drug-likeness (QED) is 0.808. The number of hydrogen-bond donors (Lipinski definition) is 2. The van der Waals surface area contributed by atoms with Crippen LogP contribution in [0.5, 0.6) is 0 Å². The maximum Gasteiger partial charge on any atom is 0.240 e. The summed E-state index contributed by atoms with van der Waals surface area (Å²) in [6.45, 7) is 1.76. The van der Waals surface area contributed by atoms with Crippen molar-refractivity contribution >= 4 is 33.2 Å². The summed E-state index contributed by atoms with van der Waals surface area (Å²) in [7, 11) is -2.19. The highest BCUT2D eigenvalue weighted by atomic mass is 35.5. The second-order valence-electron chi connectivity index (χ2n) is 3.37. The number of benzene rings is 1. The summed E-state index contributed by atoms with van der Waals surface area (Å²) < 4.78 is 25.3. The molecule has 0 unspecified atom stereocenters. The van der Waals surface area contributed by atoms with E-state index in [0.717, 1.165) is 5.56 Å². The molecule has 1 aromatic rings. The number of halogens is 1. The Morgan fingerprint density at radius 3 is 2.59 bits per heavy atom. The Bertz CT molecular complexity index is 528. The van der Waals surface area contributed by atoms with Crippen LogP contribution in [0.3, 0.4) is 0 Å². The van der Waals surface area contributed by atoms with Crippen LogP contribution < -0.4 is 10.0 Å². The summed E-state index contributed by atoms with van der Waals surface area (Å²) in [5.41, 5.74) is 1.20. The van der Waals surface area contributed by atoms with Crippen molar-refractivity contribution in [1.82, 2.24) is 4.72 Å². The van der Waals surface area contributed by atoms with Crippen LogP contribution in [0.2, 0.25) is 0 Å². The van der Waals surface area contributed by atoms with Gasteiger partial charge in [0.2, 0.25) is 15.9 Å². The van der Waals surface area contributed by atoms with Crippen LogP contribution in [0.4, 0.5) is 5.69 Å². The predicted octanol–water partition coefficient (Wildman–Crippen LogP) is 1.08. The zero-order chi connectivity index (χ0) is 13.1. The van der Waals surface area contributed by atoms with Crippen LogP contribution in [0.25, 0.3) is 0 Å². The maximum absolute atomic E-state index is 11.6. The molecule has 0 aliphatic carbocycles. The third-order valence-corrected chi connectivity index (χ3v) is 3.84. The molecule has 1 rings (SSSR count). The van der Waals surface area contributed by atoms with Crippen molar-refractivity contribution in [1.29, 1.82) is 0 Å². The molecule has 1 aromatic carbocycles. The lowest BCUT2D eigenvalue weighted by Crippen LogP contribution is -2.19. The number of sulfonamides is 1. The lowest BCUT2D eigenvalue weighted by Gasteiger charge is -2.09. The number of amides is 1. The Hall–Kier alpha value is -1.11. The summed E-state index contributed by atoms with van der Waals surface area (Å²) >= 11 is 5.37. The van der Waals surface area contributed by atoms with Gasteiger partial charge in [0.15, 0.2) is 0 Å². The van der Waals surface area contributed by atoms with E-state index in [1.807, 2.05) is 0 Å². The van der Waals surface area contributed by atoms with E-state index in [1.54, 1.807) is 13.0 Å². The van der Waals surface area contributed by atoms with Gasteiger partial charge in [0.05, 0.1) is 4.90 Å². The van der Waals surface area contributed by atoms with Gasteiger partial charge < -0.3 is 5.32 Å². The molecule has 1 amide bonds. The highest BCUT2D eigenvalue weighted by Gasteiger charge is 2.13. The Labute approximate surface area is 105 Å². The van der Waals surface area contributed by atoms with Gasteiger partial charge in [-0.2, -0.15) is 0 Å². The van der Waals surface area contributed by atoms with Crippen molar-refractivity contribution in [2.24, 2.45) is 0 Å². The molecule has 0 radical (unpaired) electrons. The third-order valence-electron chi connectivity index (χ3n) is 2.18. The first kappa shape index (κ1) is 14.0. The fourth-order valence-corrected chi connectivity index (χ4v) is 2.03. The van der Waals surface area contributed by atoms with Crippen LogP contribution in [-0.2, 0) is 14.8 Å². The topological polar surface area (TPSA) is 75.3 Å². The van der Waals surface area contributed by atoms with Crippen molar-refractivity contribution in [2.75, 3.05) is 18.2 Å². The first-order valence-corrected chi connectivity index (χ1v) is 6.82. The van der Waals surface area contributed by atoms with Gasteiger partial charge in [-0.15, -0.1) is 11.6 Å². The molecule has 7 heteroatoms. The van der Waals surface area contributed by atoms with E-state index >= 15 is 0 Å². The number of hydrogen-bond acceptors (Lipinski definition) is 3. The number of alkyl halides is 1. The van der Waals surface area contributed by atoms with E-state index < -0.39 is 10.0 Å². The number of carbonyl (C=O) groups is 1. The zero-order valence-electron chi connectivity index (χ0n) is 9.45. The van der Waals surface area contributed by atoms with Gasteiger partial charge in [-0.25, -0.2) is 13.1 Å². The van der Waals surface area contributed by atoms with Gasteiger partial charge in [-0.1, -0.05) is 6.07 Å². The normalized spacial score (nSPS) is 11.2. The molecule has 0 heterocycles. The monoisotopic (exact) mass is 276 g/mol. The molecule has 0 aliphatic rings. The Morgan fingerprint density at radius 1 is 1.41 bits per heavy atom. The van der Waals surface area contributed by atoms with Gasteiger partial charge >= 0.3 is 0 Å². The average molecular weight is 277 g/mol. The van der Waals surface area contributed by atoms with E-state index in [2.05, 4.69) is 10.0 Å². The fraction of sp³-hybridized carbons (Fsp3) is 0.300. The lowest BCUT2D eigenvalue weighted by atomic mass is 10.2.